The van der Waals surface area contributed by atoms with Crippen LogP contribution in [0.2, 0.25) is 0 Å². The number of carboxylic acid groups (broad SMARTS) is 1. The monoisotopic (exact) mass is 273 g/mol. The molecule has 2 rings (SSSR count). The molecular formula is C12H10F3NO3. The number of halogens is 3. The van der Waals surface area contributed by atoms with E-state index in [1.807, 2.05) is 0 Å². The van der Waals surface area contributed by atoms with Crippen LogP contribution in [0.5, 0.6) is 0 Å². The van der Waals surface area contributed by atoms with Gasteiger partial charge in [-0.2, -0.15) is 13.2 Å². The maximum Gasteiger partial charge on any atom is 0.398 e. The molecule has 0 saturated heterocycles. The van der Waals surface area contributed by atoms with Crippen molar-refractivity contribution in [3.63, 3.8) is 0 Å². The molecule has 0 saturated carbocycles. The minimum Gasteiger partial charge on any atom is -0.479 e. The number of fused-ring (bicyclic) bond motifs is 1. The van der Waals surface area contributed by atoms with Crippen LogP contribution in [0.1, 0.15) is 11.5 Å². The molecule has 0 fully saturated rings. The molecule has 19 heavy (non-hydrogen) atoms. The summed E-state index contributed by atoms with van der Waals surface area (Å²) in [4.78, 5) is 13.3. The summed E-state index contributed by atoms with van der Waals surface area (Å²) in [5.74, 6) is -4.38. The SMILES string of the molecule is O=C(O)[C@H](O)[C@@H](c1c[nH]c2ccccc12)C(F)(F)F. The van der Waals surface area contributed by atoms with Crippen molar-refractivity contribution < 1.29 is 28.2 Å². The van der Waals surface area contributed by atoms with Crippen molar-refractivity contribution in [2.75, 3.05) is 0 Å². The van der Waals surface area contributed by atoms with Gasteiger partial charge in [0.2, 0.25) is 0 Å². The second-order valence-electron chi connectivity index (χ2n) is 4.09. The molecule has 0 bridgehead atoms. The predicted molar refractivity (Wildman–Crippen MR) is 60.7 cm³/mol. The summed E-state index contributed by atoms with van der Waals surface area (Å²) in [7, 11) is 0. The average molecular weight is 273 g/mol. The maximum atomic E-state index is 13.0. The number of alkyl halides is 3. The molecule has 1 aromatic heterocycles. The van der Waals surface area contributed by atoms with Gasteiger partial charge < -0.3 is 15.2 Å². The van der Waals surface area contributed by atoms with E-state index < -0.39 is 24.2 Å². The summed E-state index contributed by atoms with van der Waals surface area (Å²) < 4.78 is 39.0. The van der Waals surface area contributed by atoms with Gasteiger partial charge in [-0.15, -0.1) is 0 Å². The Labute approximate surface area is 105 Å². The van der Waals surface area contributed by atoms with Gasteiger partial charge in [0, 0.05) is 17.1 Å². The normalized spacial score (nSPS) is 15.4. The number of para-hydroxylation sites is 1. The zero-order valence-electron chi connectivity index (χ0n) is 9.48. The van der Waals surface area contributed by atoms with E-state index >= 15 is 0 Å². The van der Waals surface area contributed by atoms with E-state index in [2.05, 4.69) is 4.98 Å². The van der Waals surface area contributed by atoms with Crippen molar-refractivity contribution in [1.29, 1.82) is 0 Å². The van der Waals surface area contributed by atoms with E-state index in [0.717, 1.165) is 6.20 Å². The second-order valence-corrected chi connectivity index (χ2v) is 4.09. The van der Waals surface area contributed by atoms with Gasteiger partial charge in [0.25, 0.3) is 0 Å². The Morgan fingerprint density at radius 1 is 1.26 bits per heavy atom. The fourth-order valence-corrected chi connectivity index (χ4v) is 2.02. The lowest BCUT2D eigenvalue weighted by Crippen LogP contribution is -2.37. The first-order valence-electron chi connectivity index (χ1n) is 5.36. The lowest BCUT2D eigenvalue weighted by Gasteiger charge is -2.22. The highest BCUT2D eigenvalue weighted by Gasteiger charge is 2.49. The fourth-order valence-electron chi connectivity index (χ4n) is 2.02. The molecule has 1 aromatic carbocycles. The number of rotatable bonds is 3. The summed E-state index contributed by atoms with van der Waals surface area (Å²) in [6, 6.07) is 6.19. The zero-order chi connectivity index (χ0) is 14.2. The number of hydrogen-bond donors (Lipinski definition) is 3. The minimum absolute atomic E-state index is 0.241. The molecule has 2 atom stereocenters. The lowest BCUT2D eigenvalue weighted by molar-refractivity contribution is -0.185. The summed E-state index contributed by atoms with van der Waals surface area (Å²) in [5.41, 5.74) is 0.169. The number of aliphatic hydroxyl groups excluding tert-OH is 1. The topological polar surface area (TPSA) is 73.3 Å². The highest BCUT2D eigenvalue weighted by molar-refractivity contribution is 5.85. The first-order chi connectivity index (χ1) is 8.82. The van der Waals surface area contributed by atoms with E-state index in [1.54, 1.807) is 18.2 Å². The Morgan fingerprint density at radius 2 is 1.89 bits per heavy atom. The lowest BCUT2D eigenvalue weighted by atomic mass is 9.92. The Hall–Kier alpha value is -2.02. The van der Waals surface area contributed by atoms with Crippen molar-refractivity contribution >= 4 is 16.9 Å². The van der Waals surface area contributed by atoms with Crippen LogP contribution in [-0.4, -0.2) is 33.4 Å². The molecule has 2 aromatic rings. The van der Waals surface area contributed by atoms with Gasteiger partial charge in [-0.25, -0.2) is 4.79 Å². The number of hydrogen-bond acceptors (Lipinski definition) is 2. The van der Waals surface area contributed by atoms with Crippen molar-refractivity contribution in [3.8, 4) is 0 Å². The number of aliphatic hydroxyl groups is 1. The molecule has 0 amide bonds. The van der Waals surface area contributed by atoms with Crippen molar-refractivity contribution in [3.05, 3.63) is 36.0 Å². The zero-order valence-corrected chi connectivity index (χ0v) is 9.48. The summed E-state index contributed by atoms with van der Waals surface area (Å²) in [6.07, 6.45) is -6.32. The Kier molecular flexibility index (Phi) is 3.23. The second kappa shape index (κ2) is 4.58. The largest absolute Gasteiger partial charge is 0.479 e. The number of carbonyl (C=O) groups is 1. The van der Waals surface area contributed by atoms with E-state index in [9.17, 15) is 23.1 Å². The summed E-state index contributed by atoms with van der Waals surface area (Å²) in [5, 5.41) is 18.2. The first kappa shape index (κ1) is 13.4. The van der Waals surface area contributed by atoms with E-state index in [4.69, 9.17) is 5.11 Å². The van der Waals surface area contributed by atoms with Crippen molar-refractivity contribution in [1.82, 2.24) is 4.98 Å². The van der Waals surface area contributed by atoms with Crippen LogP contribution < -0.4 is 0 Å². The standard InChI is InChI=1S/C12H10F3NO3/c13-12(14,15)9(10(17)11(18)19)7-5-16-8-4-2-1-3-6(7)8/h1-5,9-10,16-17H,(H,18,19)/t9-,10-/m1/s1. The van der Waals surface area contributed by atoms with Crippen molar-refractivity contribution in [2.45, 2.75) is 18.2 Å². The molecule has 3 N–H and O–H groups in total. The predicted octanol–water partition coefficient (Wildman–Crippen LogP) is 2.26. The molecule has 0 radical (unpaired) electrons. The molecular weight excluding hydrogens is 263 g/mol. The van der Waals surface area contributed by atoms with Crippen LogP contribution in [0, 0.1) is 0 Å². The number of benzene rings is 1. The summed E-state index contributed by atoms with van der Waals surface area (Å²) >= 11 is 0. The quantitative estimate of drug-likeness (QED) is 0.803. The van der Waals surface area contributed by atoms with Crippen LogP contribution in [0.3, 0.4) is 0 Å². The smallest absolute Gasteiger partial charge is 0.398 e. The Morgan fingerprint density at radius 3 is 2.47 bits per heavy atom. The number of aromatic amines is 1. The van der Waals surface area contributed by atoms with Gasteiger partial charge in [-0.05, 0) is 11.6 Å². The Bertz CT molecular complexity index is 606. The van der Waals surface area contributed by atoms with Crippen LogP contribution in [-0.2, 0) is 4.79 Å². The highest BCUT2D eigenvalue weighted by Crippen LogP contribution is 2.40. The third-order valence-corrected chi connectivity index (χ3v) is 2.88. The van der Waals surface area contributed by atoms with Crippen molar-refractivity contribution in [2.24, 2.45) is 0 Å². The number of H-pyrrole nitrogens is 1. The maximum absolute atomic E-state index is 13.0. The van der Waals surface area contributed by atoms with Crippen LogP contribution >= 0.6 is 0 Å². The number of carboxylic acids is 1. The van der Waals surface area contributed by atoms with Gasteiger partial charge >= 0.3 is 12.1 Å². The number of aromatic nitrogens is 1. The van der Waals surface area contributed by atoms with Gasteiger partial charge in [-0.3, -0.25) is 0 Å². The fraction of sp³-hybridized carbons (Fsp3) is 0.250. The number of aliphatic carboxylic acids is 1. The van der Waals surface area contributed by atoms with Gasteiger partial charge in [0.1, 0.15) is 5.92 Å². The van der Waals surface area contributed by atoms with Gasteiger partial charge in [-0.1, -0.05) is 18.2 Å². The van der Waals surface area contributed by atoms with E-state index in [-0.39, 0.29) is 10.9 Å². The molecule has 0 aliphatic heterocycles. The molecule has 0 unspecified atom stereocenters. The molecule has 102 valence electrons. The third-order valence-electron chi connectivity index (χ3n) is 2.88. The molecule has 4 nitrogen and oxygen atoms in total. The van der Waals surface area contributed by atoms with E-state index in [1.165, 1.54) is 6.07 Å². The molecule has 1 heterocycles. The highest BCUT2D eigenvalue weighted by atomic mass is 19.4. The average Bonchev–Trinajstić information content (AvgIpc) is 2.71. The van der Waals surface area contributed by atoms with Crippen LogP contribution in [0.15, 0.2) is 30.5 Å². The van der Waals surface area contributed by atoms with Crippen LogP contribution in [0.25, 0.3) is 10.9 Å². The van der Waals surface area contributed by atoms with Crippen LogP contribution in [0.4, 0.5) is 13.2 Å². The van der Waals surface area contributed by atoms with E-state index in [0.29, 0.717) is 5.52 Å². The first-order valence-corrected chi connectivity index (χ1v) is 5.36. The number of nitrogens with one attached hydrogen (secondary N) is 1. The molecule has 0 spiro atoms. The Balaban J connectivity index is 2.58. The summed E-state index contributed by atoms with van der Waals surface area (Å²) in [6.45, 7) is 0. The van der Waals surface area contributed by atoms with Gasteiger partial charge in [0.15, 0.2) is 6.10 Å². The molecule has 7 heteroatoms. The molecule has 0 aliphatic rings. The minimum atomic E-state index is -4.86. The third kappa shape index (κ3) is 2.41. The van der Waals surface area contributed by atoms with Gasteiger partial charge in [0.05, 0.1) is 0 Å². The molecule has 0 aliphatic carbocycles.